The van der Waals surface area contributed by atoms with Crippen LogP contribution >= 0.6 is 11.3 Å². The Balaban J connectivity index is 1.73. The summed E-state index contributed by atoms with van der Waals surface area (Å²) in [6.07, 6.45) is 2.22. The van der Waals surface area contributed by atoms with E-state index in [0.29, 0.717) is 32.7 Å². The second kappa shape index (κ2) is 11.6. The molecule has 0 saturated carbocycles. The summed E-state index contributed by atoms with van der Waals surface area (Å²) in [7, 11) is 4.01. The molecule has 0 bridgehead atoms. The van der Waals surface area contributed by atoms with Crippen LogP contribution in [0.5, 0.6) is 0 Å². The van der Waals surface area contributed by atoms with Crippen LogP contribution in [-0.2, 0) is 16.1 Å². The Morgan fingerprint density at radius 1 is 1.28 bits per heavy atom. The molecule has 178 valence electrons. The van der Waals surface area contributed by atoms with Crippen LogP contribution in [0.3, 0.4) is 0 Å². The molecule has 9 nitrogen and oxygen atoms in total. The maximum absolute atomic E-state index is 13.7. The van der Waals surface area contributed by atoms with Crippen LogP contribution < -0.4 is 10.6 Å². The Morgan fingerprint density at radius 3 is 2.78 bits per heavy atom. The summed E-state index contributed by atoms with van der Waals surface area (Å²) in [6.45, 7) is 3.03. The van der Waals surface area contributed by atoms with Crippen LogP contribution in [0, 0.1) is 5.92 Å². The van der Waals surface area contributed by atoms with Gasteiger partial charge in [0.05, 0.1) is 6.54 Å². The van der Waals surface area contributed by atoms with Gasteiger partial charge in [0.1, 0.15) is 12.1 Å². The van der Waals surface area contributed by atoms with Crippen molar-refractivity contribution in [3.63, 3.8) is 0 Å². The molecule has 0 aliphatic carbocycles. The number of nitrogens with zero attached hydrogens (tertiary/aromatic N) is 3. The van der Waals surface area contributed by atoms with Crippen molar-refractivity contribution in [1.29, 1.82) is 0 Å². The summed E-state index contributed by atoms with van der Waals surface area (Å²) in [5.41, 5.74) is 0. The van der Waals surface area contributed by atoms with Crippen LogP contribution in [0.1, 0.15) is 30.6 Å². The van der Waals surface area contributed by atoms with Crippen molar-refractivity contribution < 1.29 is 19.5 Å². The van der Waals surface area contributed by atoms with Crippen LogP contribution in [0.4, 0.5) is 4.79 Å². The summed E-state index contributed by atoms with van der Waals surface area (Å²) < 4.78 is 0. The van der Waals surface area contributed by atoms with Gasteiger partial charge in [-0.25, -0.2) is 4.79 Å². The van der Waals surface area contributed by atoms with Crippen molar-refractivity contribution in [3.05, 3.63) is 22.4 Å². The van der Waals surface area contributed by atoms with Crippen LogP contribution in [0.25, 0.3) is 0 Å². The molecule has 2 fully saturated rings. The van der Waals surface area contributed by atoms with Gasteiger partial charge in [0, 0.05) is 31.1 Å². The topological polar surface area (TPSA) is 105 Å². The van der Waals surface area contributed by atoms with Crippen LogP contribution in [0.15, 0.2) is 17.5 Å². The molecule has 3 heterocycles. The minimum Gasteiger partial charge on any atom is -0.465 e. The lowest BCUT2D eigenvalue weighted by atomic mass is 9.84. The molecule has 3 N–H and O–H groups in total. The molecule has 10 heteroatoms. The fourth-order valence-corrected chi connectivity index (χ4v) is 5.32. The highest BCUT2D eigenvalue weighted by Gasteiger charge is 2.44. The molecule has 0 spiro atoms. The van der Waals surface area contributed by atoms with Gasteiger partial charge >= 0.3 is 6.09 Å². The molecule has 1 aromatic rings. The van der Waals surface area contributed by atoms with Gasteiger partial charge in [-0.1, -0.05) is 6.07 Å². The van der Waals surface area contributed by atoms with Crippen LogP contribution in [-0.4, -0.2) is 96.6 Å². The zero-order valence-corrected chi connectivity index (χ0v) is 19.8. The van der Waals surface area contributed by atoms with E-state index >= 15 is 0 Å². The van der Waals surface area contributed by atoms with Gasteiger partial charge in [-0.3, -0.25) is 14.5 Å². The van der Waals surface area contributed by atoms with Crippen molar-refractivity contribution in [3.8, 4) is 0 Å². The Kier molecular flexibility index (Phi) is 8.89. The molecule has 32 heavy (non-hydrogen) atoms. The monoisotopic (exact) mass is 465 g/mol. The Bertz CT molecular complexity index is 772. The van der Waals surface area contributed by atoms with Gasteiger partial charge in [-0.05, 0) is 63.7 Å². The largest absolute Gasteiger partial charge is 0.465 e. The SMILES string of the molecule is CN(C)CCC[C@H]1CCCN(C(=O)O)[C@H]1C(=O)N1CCNC[C@H]1C(=O)NCc1cccs1. The first-order valence-electron chi connectivity index (χ1n) is 11.3. The molecule has 0 radical (unpaired) electrons. The van der Waals surface area contributed by atoms with E-state index in [2.05, 4.69) is 15.5 Å². The highest BCUT2D eigenvalue weighted by molar-refractivity contribution is 7.09. The molecular formula is C22H35N5O4S. The smallest absolute Gasteiger partial charge is 0.407 e. The molecule has 0 unspecified atom stereocenters. The van der Waals surface area contributed by atoms with E-state index in [0.717, 1.165) is 37.1 Å². The van der Waals surface area contributed by atoms with Crippen molar-refractivity contribution in [1.82, 2.24) is 25.3 Å². The van der Waals surface area contributed by atoms with Crippen molar-refractivity contribution in [2.75, 3.05) is 46.8 Å². The van der Waals surface area contributed by atoms with E-state index in [-0.39, 0.29) is 17.7 Å². The van der Waals surface area contributed by atoms with E-state index < -0.39 is 18.2 Å². The summed E-state index contributed by atoms with van der Waals surface area (Å²) in [4.78, 5) is 44.7. The number of rotatable bonds is 8. The normalized spacial score (nSPS) is 23.9. The van der Waals surface area contributed by atoms with E-state index in [9.17, 15) is 19.5 Å². The molecule has 2 aliphatic rings. The summed E-state index contributed by atoms with van der Waals surface area (Å²) in [5, 5.41) is 17.9. The van der Waals surface area contributed by atoms with Crippen LogP contribution in [0.2, 0.25) is 0 Å². The van der Waals surface area contributed by atoms with Gasteiger partial charge in [0.15, 0.2) is 0 Å². The molecule has 3 rings (SSSR count). The zero-order valence-electron chi connectivity index (χ0n) is 19.0. The number of nitrogens with one attached hydrogen (secondary N) is 2. The third kappa shape index (κ3) is 6.20. The maximum Gasteiger partial charge on any atom is 0.407 e. The van der Waals surface area contributed by atoms with Crippen molar-refractivity contribution in [2.24, 2.45) is 5.92 Å². The fraction of sp³-hybridized carbons (Fsp3) is 0.682. The van der Waals surface area contributed by atoms with E-state index in [1.54, 1.807) is 16.2 Å². The second-order valence-corrected chi connectivity index (χ2v) is 9.85. The first-order valence-corrected chi connectivity index (χ1v) is 12.2. The number of thiophene rings is 1. The second-order valence-electron chi connectivity index (χ2n) is 8.82. The Hall–Kier alpha value is -2.17. The predicted octanol–water partition coefficient (Wildman–Crippen LogP) is 1.27. The van der Waals surface area contributed by atoms with E-state index in [4.69, 9.17) is 0 Å². The first kappa shape index (κ1) is 24.5. The van der Waals surface area contributed by atoms with E-state index in [1.165, 1.54) is 4.90 Å². The lowest BCUT2D eigenvalue weighted by molar-refractivity contribution is -0.148. The molecule has 1 aromatic heterocycles. The zero-order chi connectivity index (χ0) is 23.1. The van der Waals surface area contributed by atoms with Gasteiger partial charge in [0.2, 0.25) is 11.8 Å². The minimum absolute atomic E-state index is 0.0305. The third-order valence-electron chi connectivity index (χ3n) is 6.28. The molecule has 0 aromatic carbocycles. The minimum atomic E-state index is -1.06. The number of carbonyl (C=O) groups is 3. The quantitative estimate of drug-likeness (QED) is 0.534. The molecule has 2 saturated heterocycles. The Morgan fingerprint density at radius 2 is 2.09 bits per heavy atom. The van der Waals surface area contributed by atoms with Gasteiger partial charge in [-0.2, -0.15) is 0 Å². The molecular weight excluding hydrogens is 430 g/mol. The lowest BCUT2D eigenvalue weighted by Gasteiger charge is -2.44. The van der Waals surface area contributed by atoms with Gasteiger partial charge in [0.25, 0.3) is 0 Å². The molecule has 3 atom stereocenters. The lowest BCUT2D eigenvalue weighted by Crippen LogP contribution is -2.65. The van der Waals surface area contributed by atoms with Gasteiger partial charge < -0.3 is 25.5 Å². The maximum atomic E-state index is 13.7. The number of hydrogen-bond donors (Lipinski definition) is 3. The van der Waals surface area contributed by atoms with Crippen molar-refractivity contribution in [2.45, 2.75) is 44.3 Å². The average molecular weight is 466 g/mol. The number of piperazine rings is 1. The number of hydrogen-bond acceptors (Lipinski definition) is 6. The summed E-state index contributed by atoms with van der Waals surface area (Å²) in [6, 6.07) is 2.52. The number of piperidine rings is 1. The summed E-state index contributed by atoms with van der Waals surface area (Å²) in [5.74, 6) is -0.475. The third-order valence-corrected chi connectivity index (χ3v) is 7.16. The van der Waals surface area contributed by atoms with Crippen molar-refractivity contribution >= 4 is 29.2 Å². The van der Waals surface area contributed by atoms with Gasteiger partial charge in [-0.15, -0.1) is 11.3 Å². The molecule has 3 amide bonds. The molecule has 2 aliphatic heterocycles. The fourth-order valence-electron chi connectivity index (χ4n) is 4.67. The number of amides is 3. The average Bonchev–Trinajstić information content (AvgIpc) is 3.30. The predicted molar refractivity (Wildman–Crippen MR) is 124 cm³/mol. The van der Waals surface area contributed by atoms with E-state index in [1.807, 2.05) is 31.6 Å². The number of carbonyl (C=O) groups excluding carboxylic acids is 2. The first-order chi connectivity index (χ1) is 15.4. The highest BCUT2D eigenvalue weighted by atomic mass is 32.1. The Labute approximate surface area is 193 Å². The number of carboxylic acid groups (broad SMARTS) is 1. The number of likely N-dealkylation sites (tertiary alicyclic amines) is 1. The summed E-state index contributed by atoms with van der Waals surface area (Å²) >= 11 is 1.57. The standard InChI is InChI=1S/C22H35N5O4S/c1-25(2)10-3-6-16-7-4-11-27(22(30)31)19(16)21(29)26-12-9-23-15-18(26)20(28)24-14-17-8-5-13-32-17/h5,8,13,16,18-19,23H,3-4,6-7,9-12,14-15H2,1-2H3,(H,24,28)(H,30,31)/t16-,18-,19+/m0/s1. The highest BCUT2D eigenvalue weighted by Crippen LogP contribution is 2.30.